The first-order valence-corrected chi connectivity index (χ1v) is 6.46. The van der Waals surface area contributed by atoms with Gasteiger partial charge in [0.25, 0.3) is 0 Å². The molecule has 0 N–H and O–H groups in total. The van der Waals surface area contributed by atoms with Crippen molar-refractivity contribution in [2.45, 2.75) is 10.8 Å². The third kappa shape index (κ3) is 1.97. The fourth-order valence-electron chi connectivity index (χ4n) is 1.74. The highest BCUT2D eigenvalue weighted by atomic mass is 32.2. The molecule has 3 rings (SSSR count). The minimum Gasteiger partial charge on any atom is -0.276 e. The molecule has 0 spiro atoms. The van der Waals surface area contributed by atoms with E-state index in [2.05, 4.69) is 20.2 Å². The number of hydrogen-bond acceptors (Lipinski definition) is 5. The van der Waals surface area contributed by atoms with Crippen molar-refractivity contribution in [3.63, 3.8) is 0 Å². The summed E-state index contributed by atoms with van der Waals surface area (Å²) in [6, 6.07) is 2.01. The molecule has 0 aliphatic rings. The van der Waals surface area contributed by atoms with Gasteiger partial charge < -0.3 is 0 Å². The van der Waals surface area contributed by atoms with E-state index >= 15 is 0 Å². The van der Waals surface area contributed by atoms with Gasteiger partial charge in [-0.25, -0.2) is 9.97 Å². The third-order valence-corrected chi connectivity index (χ3v) is 3.66. The van der Waals surface area contributed by atoms with E-state index in [1.807, 2.05) is 26.4 Å². The number of thioether (sulfide) groups is 1. The van der Waals surface area contributed by atoms with E-state index in [-0.39, 0.29) is 0 Å². The second kappa shape index (κ2) is 4.41. The number of hydrogen-bond donors (Lipinski definition) is 0. The quantitative estimate of drug-likeness (QED) is 0.526. The van der Waals surface area contributed by atoms with Gasteiger partial charge in [0.05, 0.1) is 17.3 Å². The Bertz CT molecular complexity index is 686. The molecule has 6 nitrogen and oxygen atoms in total. The van der Waals surface area contributed by atoms with Crippen LogP contribution in [0.25, 0.3) is 11.0 Å². The molecule has 3 aromatic heterocycles. The van der Waals surface area contributed by atoms with Crippen molar-refractivity contribution in [1.82, 2.24) is 29.5 Å². The predicted molar refractivity (Wildman–Crippen MR) is 69.1 cm³/mol. The van der Waals surface area contributed by atoms with Crippen molar-refractivity contribution in [2.24, 2.45) is 14.1 Å². The first kappa shape index (κ1) is 11.2. The third-order valence-electron chi connectivity index (χ3n) is 2.62. The molecule has 0 fully saturated rings. The van der Waals surface area contributed by atoms with Crippen LogP contribution in [0.3, 0.4) is 0 Å². The Morgan fingerprint density at radius 2 is 2.17 bits per heavy atom. The Morgan fingerprint density at radius 3 is 2.94 bits per heavy atom. The summed E-state index contributed by atoms with van der Waals surface area (Å²) in [5.74, 6) is 0.793. The number of fused-ring (bicyclic) bond motifs is 1. The molecule has 0 amide bonds. The van der Waals surface area contributed by atoms with Crippen LogP contribution in [0.4, 0.5) is 0 Å². The second-order valence-corrected chi connectivity index (χ2v) is 4.92. The molecular formula is C11H12N6S. The Hall–Kier alpha value is -1.89. The smallest absolute Gasteiger partial charge is 0.162 e. The zero-order valence-electron chi connectivity index (χ0n) is 10.1. The Kier molecular flexibility index (Phi) is 2.75. The van der Waals surface area contributed by atoms with Crippen molar-refractivity contribution < 1.29 is 0 Å². The highest BCUT2D eigenvalue weighted by Crippen LogP contribution is 2.26. The first-order valence-electron chi connectivity index (χ1n) is 5.48. The maximum Gasteiger partial charge on any atom is 0.162 e. The maximum absolute atomic E-state index is 4.34. The Morgan fingerprint density at radius 1 is 1.28 bits per heavy atom. The second-order valence-electron chi connectivity index (χ2n) is 3.95. The fraction of sp³-hybridized carbons (Fsp3) is 0.273. The molecule has 3 heterocycles. The van der Waals surface area contributed by atoms with Crippen LogP contribution in [0.15, 0.2) is 29.8 Å². The predicted octanol–water partition coefficient (Wildman–Crippen LogP) is 1.39. The topological polar surface area (TPSA) is 61.4 Å². The van der Waals surface area contributed by atoms with Gasteiger partial charge in [0.1, 0.15) is 11.4 Å². The van der Waals surface area contributed by atoms with Gasteiger partial charge in [-0.3, -0.25) is 9.36 Å². The van der Waals surface area contributed by atoms with Crippen LogP contribution in [-0.4, -0.2) is 29.5 Å². The summed E-state index contributed by atoms with van der Waals surface area (Å²) in [6.07, 6.45) is 5.32. The zero-order chi connectivity index (χ0) is 12.5. The molecule has 7 heteroatoms. The van der Waals surface area contributed by atoms with E-state index in [1.54, 1.807) is 33.6 Å². The van der Waals surface area contributed by atoms with Crippen LogP contribution in [0.2, 0.25) is 0 Å². The van der Waals surface area contributed by atoms with E-state index in [0.717, 1.165) is 27.5 Å². The molecular weight excluding hydrogens is 248 g/mol. The summed E-state index contributed by atoms with van der Waals surface area (Å²) >= 11 is 1.65. The zero-order valence-corrected chi connectivity index (χ0v) is 10.9. The van der Waals surface area contributed by atoms with Crippen LogP contribution < -0.4 is 0 Å². The molecule has 0 unspecified atom stereocenters. The molecule has 0 aliphatic carbocycles. The summed E-state index contributed by atoms with van der Waals surface area (Å²) < 4.78 is 3.55. The monoisotopic (exact) mass is 260 g/mol. The lowest BCUT2D eigenvalue weighted by Crippen LogP contribution is -1.93. The molecule has 0 aliphatic heterocycles. The molecule has 0 atom stereocenters. The lowest BCUT2D eigenvalue weighted by Gasteiger charge is -2.00. The fourth-order valence-corrected chi connectivity index (χ4v) is 2.60. The molecule has 0 aromatic carbocycles. The molecule has 0 bridgehead atoms. The van der Waals surface area contributed by atoms with E-state index in [4.69, 9.17) is 0 Å². The van der Waals surface area contributed by atoms with Crippen LogP contribution in [0, 0.1) is 0 Å². The van der Waals surface area contributed by atoms with Gasteiger partial charge in [0.15, 0.2) is 5.65 Å². The highest BCUT2D eigenvalue weighted by molar-refractivity contribution is 7.98. The van der Waals surface area contributed by atoms with Gasteiger partial charge in [0.2, 0.25) is 0 Å². The Labute approximate surface area is 108 Å². The number of aromatic nitrogens is 6. The van der Waals surface area contributed by atoms with Crippen molar-refractivity contribution >= 4 is 22.8 Å². The number of rotatable bonds is 3. The number of aryl methyl sites for hydroxylation is 2. The van der Waals surface area contributed by atoms with E-state index in [0.29, 0.717) is 0 Å². The van der Waals surface area contributed by atoms with Crippen LogP contribution in [0.5, 0.6) is 0 Å². The van der Waals surface area contributed by atoms with Gasteiger partial charge in [-0.2, -0.15) is 10.2 Å². The van der Waals surface area contributed by atoms with Crippen LogP contribution in [0.1, 0.15) is 5.69 Å². The summed E-state index contributed by atoms with van der Waals surface area (Å²) in [6.45, 7) is 0. The van der Waals surface area contributed by atoms with Crippen molar-refractivity contribution in [3.05, 3.63) is 30.5 Å². The van der Waals surface area contributed by atoms with Gasteiger partial charge in [-0.05, 0) is 6.07 Å². The molecule has 3 aromatic rings. The van der Waals surface area contributed by atoms with Gasteiger partial charge >= 0.3 is 0 Å². The average molecular weight is 260 g/mol. The van der Waals surface area contributed by atoms with Crippen LogP contribution in [-0.2, 0) is 19.8 Å². The normalized spacial score (nSPS) is 11.2. The SMILES string of the molecule is Cn1ccc(CSc2ncnc3c2cnn3C)n1. The van der Waals surface area contributed by atoms with E-state index in [1.165, 1.54) is 0 Å². The van der Waals surface area contributed by atoms with Crippen molar-refractivity contribution in [1.29, 1.82) is 0 Å². The summed E-state index contributed by atoms with van der Waals surface area (Å²) in [5, 5.41) is 10.5. The van der Waals surface area contributed by atoms with Crippen molar-refractivity contribution in [2.75, 3.05) is 0 Å². The minimum absolute atomic E-state index is 0.793. The molecule has 92 valence electrons. The lowest BCUT2D eigenvalue weighted by molar-refractivity contribution is 0.755. The lowest BCUT2D eigenvalue weighted by atomic mass is 10.4. The van der Waals surface area contributed by atoms with E-state index < -0.39 is 0 Å². The summed E-state index contributed by atoms with van der Waals surface area (Å²) in [7, 11) is 3.79. The first-order chi connectivity index (χ1) is 8.74. The highest BCUT2D eigenvalue weighted by Gasteiger charge is 2.08. The van der Waals surface area contributed by atoms with Gasteiger partial charge in [-0.1, -0.05) is 11.8 Å². The molecule has 18 heavy (non-hydrogen) atoms. The minimum atomic E-state index is 0.793. The molecule has 0 radical (unpaired) electrons. The summed E-state index contributed by atoms with van der Waals surface area (Å²) in [4.78, 5) is 8.52. The standard InChI is InChI=1S/C11H12N6S/c1-16-4-3-8(15-16)6-18-11-9-5-14-17(2)10(9)12-7-13-11/h3-5,7H,6H2,1-2H3. The number of nitrogens with zero attached hydrogens (tertiary/aromatic N) is 6. The van der Waals surface area contributed by atoms with Gasteiger partial charge in [0, 0.05) is 26.0 Å². The molecule has 0 saturated carbocycles. The van der Waals surface area contributed by atoms with Crippen LogP contribution >= 0.6 is 11.8 Å². The summed E-state index contributed by atoms with van der Waals surface area (Å²) in [5.41, 5.74) is 1.90. The molecule has 0 saturated heterocycles. The van der Waals surface area contributed by atoms with E-state index in [9.17, 15) is 0 Å². The van der Waals surface area contributed by atoms with Crippen molar-refractivity contribution in [3.8, 4) is 0 Å². The van der Waals surface area contributed by atoms with Gasteiger partial charge in [-0.15, -0.1) is 0 Å². The Balaban J connectivity index is 1.86. The average Bonchev–Trinajstić information content (AvgIpc) is 2.94. The largest absolute Gasteiger partial charge is 0.276 e. The maximum atomic E-state index is 4.34.